The van der Waals surface area contributed by atoms with Crippen molar-refractivity contribution < 1.29 is 0 Å². The number of H-pyrrole nitrogens is 1. The molecule has 0 saturated carbocycles. The summed E-state index contributed by atoms with van der Waals surface area (Å²) in [7, 11) is 0. The van der Waals surface area contributed by atoms with E-state index in [9.17, 15) is 0 Å². The third kappa shape index (κ3) is 2.18. The van der Waals surface area contributed by atoms with E-state index in [4.69, 9.17) is 5.73 Å². The molecule has 0 spiro atoms. The highest BCUT2D eigenvalue weighted by atomic mass is 14.9. The average molecular weight is 203 g/mol. The normalized spacial score (nSPS) is 12.2. The molecule has 3 heteroatoms. The van der Waals surface area contributed by atoms with E-state index in [-0.39, 0.29) is 5.41 Å². The van der Waals surface area contributed by atoms with Crippen molar-refractivity contribution in [3.8, 4) is 0 Å². The maximum atomic E-state index is 5.71. The molecule has 80 valence electrons. The molecule has 0 aliphatic heterocycles. The summed E-state index contributed by atoms with van der Waals surface area (Å²) in [6.45, 7) is 4.98. The molecule has 0 amide bonds. The highest BCUT2D eigenvalue weighted by Gasteiger charge is 2.18. The summed E-state index contributed by atoms with van der Waals surface area (Å²) < 4.78 is 0. The molecule has 1 aromatic carbocycles. The largest absolute Gasteiger partial charge is 0.342 e. The molecule has 0 aliphatic carbocycles. The third-order valence-corrected chi connectivity index (χ3v) is 2.64. The molecular formula is C12H17N3. The van der Waals surface area contributed by atoms with E-state index in [1.165, 1.54) is 0 Å². The lowest BCUT2D eigenvalue weighted by Gasteiger charge is -2.20. The maximum absolute atomic E-state index is 5.71. The van der Waals surface area contributed by atoms with Gasteiger partial charge < -0.3 is 10.7 Å². The molecule has 2 rings (SSSR count). The number of rotatable bonds is 3. The first kappa shape index (κ1) is 10.2. The summed E-state index contributed by atoms with van der Waals surface area (Å²) in [5, 5.41) is 0. The van der Waals surface area contributed by atoms with Crippen LogP contribution < -0.4 is 5.73 Å². The van der Waals surface area contributed by atoms with Crippen LogP contribution in [0.2, 0.25) is 0 Å². The van der Waals surface area contributed by atoms with Crippen molar-refractivity contribution >= 4 is 11.0 Å². The van der Waals surface area contributed by atoms with E-state index in [1.807, 2.05) is 24.3 Å². The van der Waals surface area contributed by atoms with E-state index in [0.29, 0.717) is 6.54 Å². The zero-order valence-electron chi connectivity index (χ0n) is 9.25. The summed E-state index contributed by atoms with van der Waals surface area (Å²) in [6.07, 6.45) is 0.887. The fourth-order valence-corrected chi connectivity index (χ4v) is 1.61. The number of para-hydroxylation sites is 2. The molecule has 1 heterocycles. The van der Waals surface area contributed by atoms with Crippen LogP contribution in [0.25, 0.3) is 11.0 Å². The molecule has 1 aromatic heterocycles. The summed E-state index contributed by atoms with van der Waals surface area (Å²) >= 11 is 0. The molecule has 0 unspecified atom stereocenters. The van der Waals surface area contributed by atoms with Crippen molar-refractivity contribution in [2.24, 2.45) is 11.1 Å². The highest BCUT2D eigenvalue weighted by molar-refractivity contribution is 5.74. The Morgan fingerprint density at radius 3 is 2.73 bits per heavy atom. The van der Waals surface area contributed by atoms with Gasteiger partial charge in [0.05, 0.1) is 11.0 Å². The molecule has 2 aromatic rings. The standard InChI is InChI=1S/C12H17N3/c1-12(2,8-13)7-11-14-9-5-3-4-6-10(9)15-11/h3-6H,7-8,13H2,1-2H3,(H,14,15). The second-order valence-electron chi connectivity index (χ2n) is 4.75. The van der Waals surface area contributed by atoms with Gasteiger partial charge in [0, 0.05) is 6.42 Å². The Morgan fingerprint density at radius 1 is 1.33 bits per heavy atom. The SMILES string of the molecule is CC(C)(CN)Cc1nc2ccccc2[nH]1. The Balaban J connectivity index is 2.30. The lowest BCUT2D eigenvalue weighted by Crippen LogP contribution is -2.26. The van der Waals surface area contributed by atoms with Crippen LogP contribution in [-0.4, -0.2) is 16.5 Å². The number of nitrogens with two attached hydrogens (primary N) is 1. The maximum Gasteiger partial charge on any atom is 0.107 e. The van der Waals surface area contributed by atoms with Crippen LogP contribution in [0.4, 0.5) is 0 Å². The van der Waals surface area contributed by atoms with E-state index >= 15 is 0 Å². The number of imidazole rings is 1. The van der Waals surface area contributed by atoms with Gasteiger partial charge in [0.1, 0.15) is 5.82 Å². The van der Waals surface area contributed by atoms with Crippen molar-refractivity contribution in [3.05, 3.63) is 30.1 Å². The second kappa shape index (κ2) is 3.66. The van der Waals surface area contributed by atoms with Crippen molar-refractivity contribution in [3.63, 3.8) is 0 Å². The first-order chi connectivity index (χ1) is 7.11. The minimum absolute atomic E-state index is 0.105. The number of hydrogen-bond donors (Lipinski definition) is 2. The molecule has 0 saturated heterocycles. The van der Waals surface area contributed by atoms with E-state index < -0.39 is 0 Å². The van der Waals surface area contributed by atoms with E-state index in [2.05, 4.69) is 23.8 Å². The summed E-state index contributed by atoms with van der Waals surface area (Å²) in [5.74, 6) is 1.02. The Morgan fingerprint density at radius 2 is 2.07 bits per heavy atom. The summed E-state index contributed by atoms with van der Waals surface area (Å²) in [4.78, 5) is 7.85. The van der Waals surface area contributed by atoms with Gasteiger partial charge in [-0.15, -0.1) is 0 Å². The second-order valence-corrected chi connectivity index (χ2v) is 4.75. The van der Waals surface area contributed by atoms with Gasteiger partial charge in [-0.2, -0.15) is 0 Å². The Bertz CT molecular complexity index is 424. The molecule has 3 N–H and O–H groups in total. The lowest BCUT2D eigenvalue weighted by atomic mass is 9.89. The number of benzene rings is 1. The van der Waals surface area contributed by atoms with Gasteiger partial charge in [-0.1, -0.05) is 26.0 Å². The van der Waals surface area contributed by atoms with Crippen LogP contribution >= 0.6 is 0 Å². The van der Waals surface area contributed by atoms with Gasteiger partial charge >= 0.3 is 0 Å². The zero-order valence-corrected chi connectivity index (χ0v) is 9.25. The zero-order chi connectivity index (χ0) is 10.9. The van der Waals surface area contributed by atoms with Crippen LogP contribution in [0.3, 0.4) is 0 Å². The van der Waals surface area contributed by atoms with Crippen LogP contribution in [0, 0.1) is 5.41 Å². The number of aromatic amines is 1. The summed E-state index contributed by atoms with van der Waals surface area (Å²) in [6, 6.07) is 8.07. The van der Waals surface area contributed by atoms with Crippen LogP contribution in [0.15, 0.2) is 24.3 Å². The molecule has 0 atom stereocenters. The van der Waals surface area contributed by atoms with Gasteiger partial charge in [0.15, 0.2) is 0 Å². The number of aromatic nitrogens is 2. The van der Waals surface area contributed by atoms with E-state index in [0.717, 1.165) is 23.3 Å². The number of hydrogen-bond acceptors (Lipinski definition) is 2. The number of nitrogens with one attached hydrogen (secondary N) is 1. The topological polar surface area (TPSA) is 54.7 Å². The fourth-order valence-electron chi connectivity index (χ4n) is 1.61. The molecular weight excluding hydrogens is 186 g/mol. The van der Waals surface area contributed by atoms with Gasteiger partial charge in [-0.05, 0) is 24.1 Å². The van der Waals surface area contributed by atoms with Crippen molar-refractivity contribution in [1.82, 2.24) is 9.97 Å². The smallest absolute Gasteiger partial charge is 0.107 e. The van der Waals surface area contributed by atoms with E-state index in [1.54, 1.807) is 0 Å². The first-order valence-corrected chi connectivity index (χ1v) is 5.24. The highest BCUT2D eigenvalue weighted by Crippen LogP contribution is 2.20. The van der Waals surface area contributed by atoms with Crippen molar-refractivity contribution in [2.75, 3.05) is 6.54 Å². The average Bonchev–Trinajstić information content (AvgIpc) is 2.58. The molecule has 0 fully saturated rings. The lowest BCUT2D eigenvalue weighted by molar-refractivity contribution is 0.369. The molecule has 0 radical (unpaired) electrons. The van der Waals surface area contributed by atoms with Crippen LogP contribution in [0.1, 0.15) is 19.7 Å². The van der Waals surface area contributed by atoms with Crippen molar-refractivity contribution in [1.29, 1.82) is 0 Å². The molecule has 3 nitrogen and oxygen atoms in total. The monoisotopic (exact) mass is 203 g/mol. The minimum Gasteiger partial charge on any atom is -0.342 e. The first-order valence-electron chi connectivity index (χ1n) is 5.24. The third-order valence-electron chi connectivity index (χ3n) is 2.64. The number of fused-ring (bicyclic) bond motifs is 1. The Hall–Kier alpha value is -1.35. The summed E-state index contributed by atoms with van der Waals surface area (Å²) in [5.41, 5.74) is 7.94. The molecule has 0 aliphatic rings. The minimum atomic E-state index is 0.105. The quantitative estimate of drug-likeness (QED) is 0.802. The predicted octanol–water partition coefficient (Wildman–Crippen LogP) is 2.09. The Kier molecular flexibility index (Phi) is 2.49. The van der Waals surface area contributed by atoms with Crippen LogP contribution in [-0.2, 0) is 6.42 Å². The Labute approximate surface area is 89.7 Å². The van der Waals surface area contributed by atoms with Crippen LogP contribution in [0.5, 0.6) is 0 Å². The predicted molar refractivity (Wildman–Crippen MR) is 62.6 cm³/mol. The van der Waals surface area contributed by atoms with Gasteiger partial charge in [0.25, 0.3) is 0 Å². The van der Waals surface area contributed by atoms with Gasteiger partial charge in [-0.3, -0.25) is 0 Å². The molecule has 15 heavy (non-hydrogen) atoms. The van der Waals surface area contributed by atoms with Crippen molar-refractivity contribution in [2.45, 2.75) is 20.3 Å². The van der Waals surface area contributed by atoms with Gasteiger partial charge in [0.2, 0.25) is 0 Å². The fraction of sp³-hybridized carbons (Fsp3) is 0.417. The van der Waals surface area contributed by atoms with Gasteiger partial charge in [-0.25, -0.2) is 4.98 Å². The molecule has 0 bridgehead atoms. The number of nitrogens with zero attached hydrogens (tertiary/aromatic N) is 1.